The van der Waals surface area contributed by atoms with Crippen molar-refractivity contribution in [3.63, 3.8) is 0 Å². The summed E-state index contributed by atoms with van der Waals surface area (Å²) in [7, 11) is 0. The highest BCUT2D eigenvalue weighted by Crippen LogP contribution is 2.29. The van der Waals surface area contributed by atoms with Gasteiger partial charge in [0.25, 0.3) is 0 Å². The highest BCUT2D eigenvalue weighted by molar-refractivity contribution is 6.31. The van der Waals surface area contributed by atoms with Gasteiger partial charge in [0.15, 0.2) is 5.58 Å². The minimum atomic E-state index is 0.558. The summed E-state index contributed by atoms with van der Waals surface area (Å²) in [6.45, 7) is 1.95. The van der Waals surface area contributed by atoms with E-state index >= 15 is 0 Å². The van der Waals surface area contributed by atoms with Crippen molar-refractivity contribution in [3.05, 3.63) is 47.0 Å². The molecule has 0 aliphatic rings. The molecule has 1 aromatic heterocycles. The number of benzene rings is 2. The van der Waals surface area contributed by atoms with Gasteiger partial charge in [-0.2, -0.15) is 0 Å². The summed E-state index contributed by atoms with van der Waals surface area (Å²) in [5.41, 5.74) is 9.75. The first-order valence-electron chi connectivity index (χ1n) is 5.57. The number of anilines is 1. The molecule has 1 heterocycles. The number of aryl methyl sites for hydroxylation is 1. The third-order valence-corrected chi connectivity index (χ3v) is 3.28. The molecule has 0 aliphatic carbocycles. The highest BCUT2D eigenvalue weighted by Gasteiger charge is 2.10. The molecule has 0 saturated heterocycles. The zero-order chi connectivity index (χ0) is 12.7. The van der Waals surface area contributed by atoms with Crippen molar-refractivity contribution in [1.29, 1.82) is 0 Å². The number of para-hydroxylation sites is 1. The van der Waals surface area contributed by atoms with Crippen molar-refractivity contribution in [2.24, 2.45) is 0 Å². The first kappa shape index (κ1) is 11.1. The van der Waals surface area contributed by atoms with Gasteiger partial charge in [-0.15, -0.1) is 0 Å². The van der Waals surface area contributed by atoms with Crippen LogP contribution in [0.1, 0.15) is 5.56 Å². The van der Waals surface area contributed by atoms with Crippen LogP contribution in [0.3, 0.4) is 0 Å². The Morgan fingerprint density at radius 1 is 1.22 bits per heavy atom. The van der Waals surface area contributed by atoms with Crippen LogP contribution in [0.4, 0.5) is 5.69 Å². The van der Waals surface area contributed by atoms with Crippen LogP contribution in [-0.4, -0.2) is 4.98 Å². The summed E-state index contributed by atoms with van der Waals surface area (Å²) in [6, 6.07) is 11.2. The first-order valence-corrected chi connectivity index (χ1v) is 5.94. The van der Waals surface area contributed by atoms with E-state index in [1.165, 1.54) is 0 Å². The third kappa shape index (κ3) is 1.73. The maximum atomic E-state index is 6.00. The molecule has 0 unspecified atom stereocenters. The Hall–Kier alpha value is -2.00. The molecule has 2 aromatic carbocycles. The molecule has 0 radical (unpaired) electrons. The highest BCUT2D eigenvalue weighted by atomic mass is 35.5. The summed E-state index contributed by atoms with van der Waals surface area (Å²) in [4.78, 5) is 4.42. The van der Waals surface area contributed by atoms with E-state index in [9.17, 15) is 0 Å². The monoisotopic (exact) mass is 258 g/mol. The van der Waals surface area contributed by atoms with Crippen molar-refractivity contribution in [2.75, 3.05) is 5.73 Å². The molecule has 0 atom stereocenters. The second kappa shape index (κ2) is 4.03. The Labute approximate surface area is 109 Å². The predicted octanol–water partition coefficient (Wildman–Crippen LogP) is 4.04. The molecule has 90 valence electrons. The Balaban J connectivity index is 2.19. The number of oxazole rings is 1. The number of hydrogen-bond donors (Lipinski definition) is 1. The van der Waals surface area contributed by atoms with Crippen LogP contribution in [-0.2, 0) is 0 Å². The van der Waals surface area contributed by atoms with Crippen LogP contribution in [0.5, 0.6) is 0 Å². The van der Waals surface area contributed by atoms with Gasteiger partial charge in [0.05, 0.1) is 5.69 Å². The Morgan fingerprint density at radius 3 is 2.78 bits per heavy atom. The van der Waals surface area contributed by atoms with Gasteiger partial charge in [0.2, 0.25) is 5.89 Å². The number of nitrogens with two attached hydrogens (primary N) is 1. The van der Waals surface area contributed by atoms with E-state index in [4.69, 9.17) is 21.8 Å². The smallest absolute Gasteiger partial charge is 0.227 e. The summed E-state index contributed by atoms with van der Waals surface area (Å²) in [5.74, 6) is 0.558. The fraction of sp³-hybridized carbons (Fsp3) is 0.0714. The van der Waals surface area contributed by atoms with Gasteiger partial charge in [-0.25, -0.2) is 4.98 Å². The molecule has 0 bridgehead atoms. The molecular formula is C14H11ClN2O. The fourth-order valence-electron chi connectivity index (χ4n) is 1.87. The lowest BCUT2D eigenvalue weighted by Crippen LogP contribution is -1.85. The summed E-state index contributed by atoms with van der Waals surface area (Å²) < 4.78 is 5.70. The van der Waals surface area contributed by atoms with Gasteiger partial charge in [-0.1, -0.05) is 17.7 Å². The van der Waals surface area contributed by atoms with Crippen LogP contribution < -0.4 is 5.73 Å². The van der Waals surface area contributed by atoms with Gasteiger partial charge in [0.1, 0.15) is 5.52 Å². The minimum Gasteiger partial charge on any atom is -0.436 e. The van der Waals surface area contributed by atoms with Crippen molar-refractivity contribution < 1.29 is 4.42 Å². The largest absolute Gasteiger partial charge is 0.436 e. The molecule has 3 aromatic rings. The standard InChI is InChI=1S/C14H11ClN2O/c1-8-7-9(5-6-10(8)15)14-17-13-11(16)3-2-4-12(13)18-14/h2-7H,16H2,1H3. The molecule has 3 rings (SSSR count). The van der Waals surface area contributed by atoms with Crippen LogP contribution in [0.2, 0.25) is 5.02 Å². The number of hydrogen-bond acceptors (Lipinski definition) is 3. The van der Waals surface area contributed by atoms with Crippen LogP contribution in [0.25, 0.3) is 22.6 Å². The second-order valence-corrected chi connectivity index (χ2v) is 4.58. The van der Waals surface area contributed by atoms with E-state index in [0.29, 0.717) is 22.7 Å². The number of nitrogens with zero attached hydrogens (tertiary/aromatic N) is 1. The molecule has 0 amide bonds. The molecule has 0 aliphatic heterocycles. The van der Waals surface area contributed by atoms with Crippen molar-refractivity contribution >= 4 is 28.4 Å². The fourth-order valence-corrected chi connectivity index (χ4v) is 1.99. The molecular weight excluding hydrogens is 248 g/mol. The normalized spacial score (nSPS) is 11.0. The first-order chi connectivity index (χ1) is 8.65. The molecule has 0 saturated carbocycles. The Morgan fingerprint density at radius 2 is 2.06 bits per heavy atom. The van der Waals surface area contributed by atoms with E-state index in [1.807, 2.05) is 43.3 Å². The van der Waals surface area contributed by atoms with Crippen molar-refractivity contribution in [2.45, 2.75) is 6.92 Å². The Kier molecular flexibility index (Phi) is 2.49. The van der Waals surface area contributed by atoms with Crippen molar-refractivity contribution in [3.8, 4) is 11.5 Å². The van der Waals surface area contributed by atoms with Gasteiger partial charge in [-0.05, 0) is 42.8 Å². The SMILES string of the molecule is Cc1cc(-c2nc3c(N)cccc3o2)ccc1Cl. The molecule has 18 heavy (non-hydrogen) atoms. The maximum Gasteiger partial charge on any atom is 0.227 e. The number of halogens is 1. The van der Waals surface area contributed by atoms with E-state index < -0.39 is 0 Å². The number of rotatable bonds is 1. The topological polar surface area (TPSA) is 52.0 Å². The zero-order valence-electron chi connectivity index (χ0n) is 9.77. The molecule has 2 N–H and O–H groups in total. The zero-order valence-corrected chi connectivity index (χ0v) is 10.5. The van der Waals surface area contributed by atoms with E-state index in [2.05, 4.69) is 4.98 Å². The lowest BCUT2D eigenvalue weighted by atomic mass is 10.1. The number of fused-ring (bicyclic) bond motifs is 1. The molecule has 3 nitrogen and oxygen atoms in total. The van der Waals surface area contributed by atoms with Crippen LogP contribution in [0, 0.1) is 6.92 Å². The average molecular weight is 259 g/mol. The lowest BCUT2D eigenvalue weighted by molar-refractivity contribution is 0.620. The molecule has 4 heteroatoms. The average Bonchev–Trinajstić information content (AvgIpc) is 2.78. The van der Waals surface area contributed by atoms with Gasteiger partial charge < -0.3 is 10.2 Å². The Bertz CT molecular complexity index is 734. The second-order valence-electron chi connectivity index (χ2n) is 4.18. The van der Waals surface area contributed by atoms with Gasteiger partial charge >= 0.3 is 0 Å². The van der Waals surface area contributed by atoms with E-state index in [0.717, 1.165) is 16.1 Å². The summed E-state index contributed by atoms with van der Waals surface area (Å²) >= 11 is 6.00. The van der Waals surface area contributed by atoms with Crippen molar-refractivity contribution in [1.82, 2.24) is 4.98 Å². The summed E-state index contributed by atoms with van der Waals surface area (Å²) in [6.07, 6.45) is 0. The predicted molar refractivity (Wildman–Crippen MR) is 73.6 cm³/mol. The van der Waals surface area contributed by atoms with E-state index in [1.54, 1.807) is 0 Å². The van der Waals surface area contributed by atoms with E-state index in [-0.39, 0.29) is 0 Å². The molecule has 0 spiro atoms. The number of nitrogen functional groups attached to an aromatic ring is 1. The minimum absolute atomic E-state index is 0.558. The maximum absolute atomic E-state index is 6.00. The van der Waals surface area contributed by atoms with Crippen LogP contribution in [0.15, 0.2) is 40.8 Å². The summed E-state index contributed by atoms with van der Waals surface area (Å²) in [5, 5.41) is 0.731. The number of aromatic nitrogens is 1. The van der Waals surface area contributed by atoms with Crippen LogP contribution >= 0.6 is 11.6 Å². The molecule has 0 fully saturated rings. The quantitative estimate of drug-likeness (QED) is 0.670. The van der Waals surface area contributed by atoms with Gasteiger partial charge in [0, 0.05) is 10.6 Å². The lowest BCUT2D eigenvalue weighted by Gasteiger charge is -1.99. The third-order valence-electron chi connectivity index (χ3n) is 2.86. The van der Waals surface area contributed by atoms with Gasteiger partial charge in [-0.3, -0.25) is 0 Å².